The molecular formula is C14H21ClN2O4S. The lowest BCUT2D eigenvalue weighted by molar-refractivity contribution is -0.132. The predicted molar refractivity (Wildman–Crippen MR) is 85.7 cm³/mol. The Labute approximate surface area is 136 Å². The number of sulfonamides is 1. The number of likely N-dealkylation sites (N-methyl/N-ethyl adjacent to an activating group) is 1. The van der Waals surface area contributed by atoms with Gasteiger partial charge >= 0.3 is 0 Å². The fourth-order valence-electron chi connectivity index (χ4n) is 2.02. The van der Waals surface area contributed by atoms with E-state index in [4.69, 9.17) is 16.3 Å². The zero-order valence-electron chi connectivity index (χ0n) is 13.1. The molecule has 0 spiro atoms. The largest absolute Gasteiger partial charge is 0.495 e. The lowest BCUT2D eigenvalue weighted by atomic mass is 10.3. The van der Waals surface area contributed by atoms with E-state index in [0.717, 1.165) is 0 Å². The van der Waals surface area contributed by atoms with Gasteiger partial charge in [0.25, 0.3) is 0 Å². The maximum atomic E-state index is 12.5. The van der Waals surface area contributed by atoms with E-state index in [1.165, 1.54) is 32.2 Å². The van der Waals surface area contributed by atoms with Crippen molar-refractivity contribution in [2.45, 2.75) is 31.7 Å². The third kappa shape index (κ3) is 4.34. The maximum Gasteiger partial charge on any atom is 0.245 e. The van der Waals surface area contributed by atoms with Crippen LogP contribution in [-0.2, 0) is 14.8 Å². The molecule has 0 fully saturated rings. The summed E-state index contributed by atoms with van der Waals surface area (Å²) in [6.07, 6.45) is 0. The molecular weight excluding hydrogens is 328 g/mol. The van der Waals surface area contributed by atoms with Crippen LogP contribution in [0.4, 0.5) is 0 Å². The van der Waals surface area contributed by atoms with E-state index in [1.54, 1.807) is 4.90 Å². The van der Waals surface area contributed by atoms with Crippen molar-refractivity contribution in [2.24, 2.45) is 0 Å². The topological polar surface area (TPSA) is 75.7 Å². The molecule has 0 saturated carbocycles. The standard InChI is InChI=1S/C14H21ClN2O4S/c1-5-17(6-2)14(18)10(3)16-22(19,20)13-9-11(15)7-8-12(13)21-4/h7-10,16H,5-6H2,1-4H3/t10-/m1/s1. The minimum absolute atomic E-state index is 0.0957. The molecule has 124 valence electrons. The molecule has 0 aliphatic rings. The number of carbonyl (C=O) groups excluding carboxylic acids is 1. The lowest BCUT2D eigenvalue weighted by Gasteiger charge is -2.23. The van der Waals surface area contributed by atoms with Gasteiger partial charge < -0.3 is 9.64 Å². The molecule has 1 atom stereocenters. The summed E-state index contributed by atoms with van der Waals surface area (Å²) in [7, 11) is -2.56. The average molecular weight is 349 g/mol. The summed E-state index contributed by atoms with van der Waals surface area (Å²) < 4.78 is 32.3. The van der Waals surface area contributed by atoms with E-state index in [9.17, 15) is 13.2 Å². The number of benzene rings is 1. The van der Waals surface area contributed by atoms with Gasteiger partial charge in [0.05, 0.1) is 13.2 Å². The van der Waals surface area contributed by atoms with Gasteiger partial charge in [0.15, 0.2) is 0 Å². The zero-order valence-corrected chi connectivity index (χ0v) is 14.7. The number of amides is 1. The van der Waals surface area contributed by atoms with Crippen LogP contribution in [0.15, 0.2) is 23.1 Å². The molecule has 0 aliphatic carbocycles. The number of ether oxygens (including phenoxy) is 1. The Kier molecular flexibility index (Phi) is 6.65. The van der Waals surface area contributed by atoms with Crippen LogP contribution in [0.2, 0.25) is 5.02 Å². The third-order valence-electron chi connectivity index (χ3n) is 3.19. The summed E-state index contributed by atoms with van der Waals surface area (Å²) in [6.45, 7) is 6.21. The highest BCUT2D eigenvalue weighted by atomic mass is 35.5. The number of hydrogen-bond donors (Lipinski definition) is 1. The van der Waals surface area contributed by atoms with Gasteiger partial charge in [0.2, 0.25) is 15.9 Å². The third-order valence-corrected chi connectivity index (χ3v) is 4.99. The van der Waals surface area contributed by atoms with Crippen molar-refractivity contribution in [3.8, 4) is 5.75 Å². The van der Waals surface area contributed by atoms with E-state index in [0.29, 0.717) is 13.1 Å². The SMILES string of the molecule is CCN(CC)C(=O)[C@@H](C)NS(=O)(=O)c1cc(Cl)ccc1OC. The number of carbonyl (C=O) groups is 1. The first-order valence-electron chi connectivity index (χ1n) is 6.91. The minimum atomic E-state index is -3.93. The Hall–Kier alpha value is -1.31. The van der Waals surface area contributed by atoms with Crippen molar-refractivity contribution in [3.63, 3.8) is 0 Å². The summed E-state index contributed by atoms with van der Waals surface area (Å²) >= 11 is 5.85. The van der Waals surface area contributed by atoms with E-state index >= 15 is 0 Å². The molecule has 0 radical (unpaired) electrons. The van der Waals surface area contributed by atoms with Gasteiger partial charge in [-0.2, -0.15) is 4.72 Å². The van der Waals surface area contributed by atoms with Crippen LogP contribution in [0, 0.1) is 0 Å². The summed E-state index contributed by atoms with van der Waals surface area (Å²) in [6, 6.07) is 3.41. The summed E-state index contributed by atoms with van der Waals surface area (Å²) in [4.78, 5) is 13.6. The number of hydrogen-bond acceptors (Lipinski definition) is 4. The molecule has 0 heterocycles. The van der Waals surface area contributed by atoms with E-state index in [1.807, 2.05) is 13.8 Å². The Bertz CT molecular complexity index is 630. The van der Waals surface area contributed by atoms with Gasteiger partial charge in [-0.05, 0) is 39.0 Å². The Morgan fingerprint density at radius 2 is 1.95 bits per heavy atom. The molecule has 0 unspecified atom stereocenters. The van der Waals surface area contributed by atoms with Crippen molar-refractivity contribution < 1.29 is 17.9 Å². The van der Waals surface area contributed by atoms with Crippen LogP contribution >= 0.6 is 11.6 Å². The quantitative estimate of drug-likeness (QED) is 0.816. The highest BCUT2D eigenvalue weighted by molar-refractivity contribution is 7.89. The first-order valence-corrected chi connectivity index (χ1v) is 8.77. The summed E-state index contributed by atoms with van der Waals surface area (Å²) in [5.41, 5.74) is 0. The smallest absolute Gasteiger partial charge is 0.245 e. The molecule has 0 saturated heterocycles. The first kappa shape index (κ1) is 18.7. The maximum absolute atomic E-state index is 12.5. The number of nitrogens with one attached hydrogen (secondary N) is 1. The molecule has 1 rings (SSSR count). The van der Waals surface area contributed by atoms with Crippen molar-refractivity contribution >= 4 is 27.5 Å². The second-order valence-corrected chi connectivity index (χ2v) is 6.77. The summed E-state index contributed by atoms with van der Waals surface area (Å²) in [5.74, 6) is -0.117. The van der Waals surface area contributed by atoms with Crippen LogP contribution in [0.25, 0.3) is 0 Å². The van der Waals surface area contributed by atoms with Crippen molar-refractivity contribution in [1.82, 2.24) is 9.62 Å². The van der Waals surface area contributed by atoms with Crippen molar-refractivity contribution in [3.05, 3.63) is 23.2 Å². The van der Waals surface area contributed by atoms with Gasteiger partial charge in [-0.25, -0.2) is 8.42 Å². The van der Waals surface area contributed by atoms with Crippen molar-refractivity contribution in [2.75, 3.05) is 20.2 Å². The van der Waals surface area contributed by atoms with Gasteiger partial charge in [-0.3, -0.25) is 4.79 Å². The summed E-state index contributed by atoms with van der Waals surface area (Å²) in [5, 5.41) is 0.267. The molecule has 6 nitrogen and oxygen atoms in total. The second-order valence-electron chi connectivity index (χ2n) is 4.65. The number of methoxy groups -OCH3 is 1. The highest BCUT2D eigenvalue weighted by Crippen LogP contribution is 2.27. The number of rotatable bonds is 7. The van der Waals surface area contributed by atoms with Crippen LogP contribution < -0.4 is 9.46 Å². The predicted octanol–water partition coefficient (Wildman–Crippen LogP) is 1.88. The molecule has 1 aromatic carbocycles. The lowest BCUT2D eigenvalue weighted by Crippen LogP contribution is -2.46. The van der Waals surface area contributed by atoms with E-state index in [2.05, 4.69) is 4.72 Å². The fraction of sp³-hybridized carbons (Fsp3) is 0.500. The van der Waals surface area contributed by atoms with Crippen LogP contribution in [0.3, 0.4) is 0 Å². The molecule has 22 heavy (non-hydrogen) atoms. The average Bonchev–Trinajstić information content (AvgIpc) is 2.47. The Morgan fingerprint density at radius 1 is 1.36 bits per heavy atom. The monoisotopic (exact) mass is 348 g/mol. The fourth-order valence-corrected chi connectivity index (χ4v) is 3.64. The Balaban J connectivity index is 3.06. The second kappa shape index (κ2) is 7.80. The van der Waals surface area contributed by atoms with Gasteiger partial charge in [-0.15, -0.1) is 0 Å². The minimum Gasteiger partial charge on any atom is -0.495 e. The van der Waals surface area contributed by atoms with E-state index < -0.39 is 16.1 Å². The normalized spacial score (nSPS) is 12.8. The highest BCUT2D eigenvalue weighted by Gasteiger charge is 2.27. The van der Waals surface area contributed by atoms with Gasteiger partial charge in [0, 0.05) is 18.1 Å². The molecule has 0 aliphatic heterocycles. The molecule has 1 amide bonds. The van der Waals surface area contributed by atoms with E-state index in [-0.39, 0.29) is 21.6 Å². The Morgan fingerprint density at radius 3 is 2.45 bits per heavy atom. The van der Waals surface area contributed by atoms with Gasteiger partial charge in [-0.1, -0.05) is 11.6 Å². The first-order chi connectivity index (χ1) is 10.3. The van der Waals surface area contributed by atoms with Crippen LogP contribution in [0.5, 0.6) is 5.75 Å². The number of halogens is 1. The molecule has 0 bridgehead atoms. The van der Waals surface area contributed by atoms with Crippen LogP contribution in [0.1, 0.15) is 20.8 Å². The number of nitrogens with zero attached hydrogens (tertiary/aromatic N) is 1. The molecule has 8 heteroatoms. The molecule has 1 N–H and O–H groups in total. The molecule has 0 aromatic heterocycles. The van der Waals surface area contributed by atoms with Crippen LogP contribution in [-0.4, -0.2) is 45.5 Å². The van der Waals surface area contributed by atoms with Crippen molar-refractivity contribution in [1.29, 1.82) is 0 Å². The van der Waals surface area contributed by atoms with Gasteiger partial charge in [0.1, 0.15) is 10.6 Å². The zero-order chi connectivity index (χ0) is 16.9. The molecule has 1 aromatic rings.